The molecule has 14 heteroatoms. The average Bonchev–Trinajstić information content (AvgIpc) is 3.45. The van der Waals surface area contributed by atoms with Crippen molar-refractivity contribution < 1.29 is 44.5 Å². The smallest absolute Gasteiger partial charge is 0.416 e. The number of rotatable bonds is 6. The third-order valence-electron chi connectivity index (χ3n) is 9.73. The highest BCUT2D eigenvalue weighted by Gasteiger charge is 2.57. The predicted molar refractivity (Wildman–Crippen MR) is 182 cm³/mol. The SMILES string of the molecule is COc1ccc([C@@H]2CN(C(=O)OC(C)(C)C)C[C@@]2(F)C(=O)N2CCC(c3ccc(C(F)(F)F)cc3N3CCC(C(=O)OI)CC3)CC2)cc1. The average molecular weight is 804 g/mol. The highest BCUT2D eigenvalue weighted by molar-refractivity contribution is 14.1. The fourth-order valence-electron chi connectivity index (χ4n) is 7.12. The van der Waals surface area contributed by atoms with Crippen molar-refractivity contribution in [1.29, 1.82) is 0 Å². The van der Waals surface area contributed by atoms with Crippen LogP contribution >= 0.6 is 23.0 Å². The maximum Gasteiger partial charge on any atom is 0.416 e. The number of halogens is 5. The molecule has 3 heterocycles. The Kier molecular flexibility index (Phi) is 10.9. The van der Waals surface area contributed by atoms with Crippen LogP contribution in [0.1, 0.15) is 75.0 Å². The van der Waals surface area contributed by atoms with Crippen LogP contribution in [0.5, 0.6) is 5.75 Å². The molecule has 2 aromatic rings. The third kappa shape index (κ3) is 8.20. The zero-order chi connectivity index (χ0) is 35.7. The standard InChI is InChI=1S/C35H42F4IN3O6/c1-33(2,3)48-32(46)43-20-28(23-5-8-26(47-4)9-6-23)34(36,21-43)31(45)42-17-11-22(12-18-42)27-10-7-25(35(37,38)39)19-29(27)41-15-13-24(14-16-41)30(44)49-40/h5-10,19,22,24,28H,11-18,20-21H2,1-4H3/t28-,34-/m0/s1. The Labute approximate surface area is 297 Å². The van der Waals surface area contributed by atoms with Gasteiger partial charge in [0.15, 0.2) is 23.0 Å². The van der Waals surface area contributed by atoms with Gasteiger partial charge in [-0.05, 0) is 87.8 Å². The van der Waals surface area contributed by atoms with Gasteiger partial charge in [-0.3, -0.25) is 9.59 Å². The predicted octanol–water partition coefficient (Wildman–Crippen LogP) is 7.27. The van der Waals surface area contributed by atoms with Crippen LogP contribution < -0.4 is 9.64 Å². The molecule has 2 amide bonds. The molecule has 49 heavy (non-hydrogen) atoms. The first-order valence-corrected chi connectivity index (χ1v) is 17.3. The van der Waals surface area contributed by atoms with E-state index in [1.807, 2.05) is 4.90 Å². The summed E-state index contributed by atoms with van der Waals surface area (Å²) in [7, 11) is 1.52. The van der Waals surface area contributed by atoms with Crippen molar-refractivity contribution >= 4 is 46.7 Å². The van der Waals surface area contributed by atoms with E-state index < -0.39 is 47.5 Å². The van der Waals surface area contributed by atoms with Crippen molar-refractivity contribution in [3.05, 3.63) is 59.2 Å². The number of alkyl halides is 4. The van der Waals surface area contributed by atoms with Crippen LogP contribution in [0.3, 0.4) is 0 Å². The van der Waals surface area contributed by atoms with Crippen molar-refractivity contribution in [3.63, 3.8) is 0 Å². The van der Waals surface area contributed by atoms with Crippen molar-refractivity contribution in [2.24, 2.45) is 5.92 Å². The zero-order valence-electron chi connectivity index (χ0n) is 28.0. The molecule has 0 saturated carbocycles. The topological polar surface area (TPSA) is 88.6 Å². The fourth-order valence-corrected chi connectivity index (χ4v) is 7.48. The summed E-state index contributed by atoms with van der Waals surface area (Å²) in [5.41, 5.74) is -2.26. The first-order chi connectivity index (χ1) is 23.0. The summed E-state index contributed by atoms with van der Waals surface area (Å²) in [4.78, 5) is 43.8. The monoisotopic (exact) mass is 803 g/mol. The van der Waals surface area contributed by atoms with Crippen LogP contribution in [0.2, 0.25) is 0 Å². The molecular formula is C35H42F4IN3O6. The number of anilines is 1. The molecule has 0 bridgehead atoms. The van der Waals surface area contributed by atoms with Crippen LogP contribution in [0.25, 0.3) is 0 Å². The quantitative estimate of drug-likeness (QED) is 0.224. The van der Waals surface area contributed by atoms with E-state index in [4.69, 9.17) is 12.5 Å². The third-order valence-corrected chi connectivity index (χ3v) is 10.2. The zero-order valence-corrected chi connectivity index (χ0v) is 30.2. The minimum absolute atomic E-state index is 0.0545. The number of likely N-dealkylation sites (tertiary alicyclic amines) is 2. The second-order valence-electron chi connectivity index (χ2n) is 14.0. The van der Waals surface area contributed by atoms with Gasteiger partial charge in [0.25, 0.3) is 5.91 Å². The number of carbonyl (C=O) groups is 3. The van der Waals surface area contributed by atoms with Crippen LogP contribution in [0, 0.1) is 5.92 Å². The minimum atomic E-state index is -4.53. The Morgan fingerprint density at radius 1 is 0.898 bits per heavy atom. The highest BCUT2D eigenvalue weighted by Crippen LogP contribution is 2.44. The Morgan fingerprint density at radius 2 is 1.53 bits per heavy atom. The van der Waals surface area contributed by atoms with Gasteiger partial charge >= 0.3 is 18.2 Å². The van der Waals surface area contributed by atoms with Gasteiger partial charge in [-0.1, -0.05) is 18.2 Å². The maximum atomic E-state index is 17.2. The molecule has 0 aromatic heterocycles. The van der Waals surface area contributed by atoms with Gasteiger partial charge < -0.3 is 27.2 Å². The summed E-state index contributed by atoms with van der Waals surface area (Å²) < 4.78 is 74.2. The van der Waals surface area contributed by atoms with E-state index in [2.05, 4.69) is 0 Å². The summed E-state index contributed by atoms with van der Waals surface area (Å²) in [6.07, 6.45) is -3.49. The second-order valence-corrected chi connectivity index (χ2v) is 14.5. The minimum Gasteiger partial charge on any atom is -0.497 e. The number of ether oxygens (including phenoxy) is 2. The summed E-state index contributed by atoms with van der Waals surface area (Å²) in [6, 6.07) is 10.5. The molecule has 268 valence electrons. The number of piperidine rings is 2. The molecule has 3 aliphatic heterocycles. The lowest BCUT2D eigenvalue weighted by Crippen LogP contribution is -2.52. The van der Waals surface area contributed by atoms with Gasteiger partial charge in [0, 0.05) is 44.3 Å². The molecule has 2 atom stereocenters. The van der Waals surface area contributed by atoms with Gasteiger partial charge in [0.05, 0.1) is 25.1 Å². The number of amides is 2. The largest absolute Gasteiger partial charge is 0.497 e. The Balaban J connectivity index is 1.35. The number of methoxy groups -OCH3 is 1. The van der Waals surface area contributed by atoms with E-state index >= 15 is 4.39 Å². The summed E-state index contributed by atoms with van der Waals surface area (Å²) in [6.45, 7) is 5.80. The fraction of sp³-hybridized carbons (Fsp3) is 0.571. The van der Waals surface area contributed by atoms with Crippen molar-refractivity contribution in [2.75, 3.05) is 51.3 Å². The van der Waals surface area contributed by atoms with Gasteiger partial charge in [0.2, 0.25) is 5.67 Å². The van der Waals surface area contributed by atoms with Crippen LogP contribution in [0.4, 0.5) is 28.0 Å². The Bertz CT molecular complexity index is 1520. The van der Waals surface area contributed by atoms with Crippen molar-refractivity contribution in [3.8, 4) is 5.75 Å². The van der Waals surface area contributed by atoms with Gasteiger partial charge in [0.1, 0.15) is 11.4 Å². The molecule has 2 aromatic carbocycles. The van der Waals surface area contributed by atoms with Crippen molar-refractivity contribution in [2.45, 2.75) is 75.7 Å². The molecule has 0 N–H and O–H groups in total. The normalized spacial score (nSPS) is 22.6. The van der Waals surface area contributed by atoms with Crippen LogP contribution in [0.15, 0.2) is 42.5 Å². The molecule has 9 nitrogen and oxygen atoms in total. The maximum absolute atomic E-state index is 17.2. The summed E-state index contributed by atoms with van der Waals surface area (Å²) in [5.74, 6) is -1.93. The number of carbonyl (C=O) groups excluding carboxylic acids is 3. The van der Waals surface area contributed by atoms with E-state index in [0.717, 1.165) is 11.6 Å². The first kappa shape index (κ1) is 37.0. The van der Waals surface area contributed by atoms with Crippen molar-refractivity contribution in [1.82, 2.24) is 9.80 Å². The van der Waals surface area contributed by atoms with Gasteiger partial charge in [-0.2, -0.15) is 13.2 Å². The number of hydrogen-bond donors (Lipinski definition) is 0. The molecule has 3 fully saturated rings. The molecular weight excluding hydrogens is 761 g/mol. The Hall–Kier alpha value is -3.30. The lowest BCUT2D eigenvalue weighted by atomic mass is 9.83. The lowest BCUT2D eigenvalue weighted by molar-refractivity contribution is -0.145. The molecule has 5 rings (SSSR count). The molecule has 3 saturated heterocycles. The summed E-state index contributed by atoms with van der Waals surface area (Å²) in [5, 5.41) is 0. The second kappa shape index (κ2) is 14.5. The summed E-state index contributed by atoms with van der Waals surface area (Å²) >= 11 is 1.55. The van der Waals surface area contributed by atoms with E-state index in [9.17, 15) is 27.6 Å². The van der Waals surface area contributed by atoms with E-state index in [-0.39, 0.29) is 37.4 Å². The molecule has 0 radical (unpaired) electrons. The van der Waals surface area contributed by atoms with E-state index in [1.54, 1.807) is 68.0 Å². The molecule has 3 aliphatic rings. The lowest BCUT2D eigenvalue weighted by Gasteiger charge is -2.39. The number of hydrogen-bond acceptors (Lipinski definition) is 7. The highest BCUT2D eigenvalue weighted by atomic mass is 127. The number of nitrogens with zero attached hydrogens (tertiary/aromatic N) is 3. The van der Waals surface area contributed by atoms with Gasteiger partial charge in [-0.15, -0.1) is 0 Å². The molecule has 0 aliphatic carbocycles. The number of benzene rings is 2. The van der Waals surface area contributed by atoms with E-state index in [1.165, 1.54) is 29.0 Å². The molecule has 0 unspecified atom stereocenters. The first-order valence-electron chi connectivity index (χ1n) is 16.4. The van der Waals surface area contributed by atoms with Crippen LogP contribution in [-0.2, 0) is 23.6 Å². The van der Waals surface area contributed by atoms with Crippen LogP contribution in [-0.4, -0.2) is 85.4 Å². The van der Waals surface area contributed by atoms with E-state index in [0.29, 0.717) is 55.8 Å². The Morgan fingerprint density at radius 3 is 2.08 bits per heavy atom. The van der Waals surface area contributed by atoms with Gasteiger partial charge in [-0.25, -0.2) is 9.18 Å². The molecule has 0 spiro atoms.